The summed E-state index contributed by atoms with van der Waals surface area (Å²) in [6, 6.07) is 31.0. The van der Waals surface area contributed by atoms with Crippen molar-refractivity contribution >= 4 is 23.6 Å². The third-order valence-electron chi connectivity index (χ3n) is 4.69. The van der Waals surface area contributed by atoms with Crippen LogP contribution in [0.5, 0.6) is 0 Å². The number of rotatable bonds is 7. The molecule has 0 heterocycles. The third kappa shape index (κ3) is 4.69. The van der Waals surface area contributed by atoms with Gasteiger partial charge in [0.05, 0.1) is 4.75 Å². The Morgan fingerprint density at radius 3 is 1.55 bits per heavy atom. The van der Waals surface area contributed by atoms with Gasteiger partial charge >= 0.3 is 11.8 Å². The van der Waals surface area contributed by atoms with E-state index in [0.29, 0.717) is 6.54 Å². The van der Waals surface area contributed by atoms with E-state index in [-0.39, 0.29) is 5.25 Å². The van der Waals surface area contributed by atoms with Gasteiger partial charge in [-0.15, -0.1) is 11.8 Å². The van der Waals surface area contributed by atoms with Crippen molar-refractivity contribution in [2.24, 2.45) is 5.73 Å². The number of nitrogens with two attached hydrogens (primary N) is 1. The predicted molar refractivity (Wildman–Crippen MR) is 118 cm³/mol. The van der Waals surface area contributed by atoms with E-state index in [0.717, 1.165) is 16.7 Å². The van der Waals surface area contributed by atoms with Crippen LogP contribution in [-0.4, -0.2) is 23.6 Å². The van der Waals surface area contributed by atoms with Gasteiger partial charge in [0.2, 0.25) is 0 Å². The van der Waals surface area contributed by atoms with E-state index in [1.165, 1.54) is 0 Å². The lowest BCUT2D eigenvalue weighted by molar-refractivity contribution is -0.137. The molecule has 148 valence electrons. The molecule has 5 heteroatoms. The fraction of sp³-hybridized carbons (Fsp3) is 0.167. The summed E-state index contributed by atoms with van der Waals surface area (Å²) in [5.41, 5.74) is 8.51. The number of carbonyl (C=O) groups excluding carboxylic acids is 2. The first-order valence-corrected chi connectivity index (χ1v) is 10.3. The zero-order valence-corrected chi connectivity index (χ0v) is 17.1. The Morgan fingerprint density at radius 2 is 1.21 bits per heavy atom. The summed E-state index contributed by atoms with van der Waals surface area (Å²) in [6.07, 6.45) is 0. The van der Waals surface area contributed by atoms with Crippen LogP contribution in [0.4, 0.5) is 0 Å². The minimum absolute atomic E-state index is 0.0129. The molecule has 0 aliphatic heterocycles. The molecule has 0 radical (unpaired) electrons. The highest BCUT2D eigenvalue weighted by atomic mass is 32.2. The van der Waals surface area contributed by atoms with Crippen LogP contribution < -0.4 is 11.1 Å². The molecular formula is C24H24N2O2S. The molecule has 0 bridgehead atoms. The normalized spacial score (nSPS) is 12.2. The molecule has 0 aliphatic rings. The first-order chi connectivity index (χ1) is 14.0. The second-order valence-electron chi connectivity index (χ2n) is 6.78. The largest absolute Gasteiger partial charge is 0.361 e. The van der Waals surface area contributed by atoms with Crippen molar-refractivity contribution in [3.63, 3.8) is 0 Å². The average molecular weight is 405 g/mol. The standard InChI is InChI=1S/C24H24N2O2S/c1-18(17-26-23(28)22(25)27)29-24(19-11-5-2-6-12-19,20-13-7-3-8-14-20)21-15-9-4-10-16-21/h2-16,18H,17H2,1H3,(H2,25,27)(H,26,28). The van der Waals surface area contributed by atoms with Gasteiger partial charge in [-0.05, 0) is 16.7 Å². The van der Waals surface area contributed by atoms with Gasteiger partial charge < -0.3 is 11.1 Å². The van der Waals surface area contributed by atoms with E-state index in [4.69, 9.17) is 5.73 Å². The third-order valence-corrected chi connectivity index (χ3v) is 6.32. The summed E-state index contributed by atoms with van der Waals surface area (Å²) in [5, 5.41) is 2.64. The molecular weight excluding hydrogens is 380 g/mol. The highest BCUT2D eigenvalue weighted by molar-refractivity contribution is 8.01. The van der Waals surface area contributed by atoms with Gasteiger partial charge in [-0.25, -0.2) is 0 Å². The van der Waals surface area contributed by atoms with Gasteiger partial charge in [0.25, 0.3) is 0 Å². The summed E-state index contributed by atoms with van der Waals surface area (Å²) < 4.78 is -0.472. The molecule has 1 atom stereocenters. The molecule has 0 saturated heterocycles. The van der Waals surface area contributed by atoms with E-state index >= 15 is 0 Å². The Labute approximate surface area is 175 Å². The first kappa shape index (κ1) is 20.7. The number of carbonyl (C=O) groups is 2. The van der Waals surface area contributed by atoms with Crippen LogP contribution in [0.15, 0.2) is 91.0 Å². The minimum Gasteiger partial charge on any atom is -0.361 e. The van der Waals surface area contributed by atoms with Crippen LogP contribution >= 0.6 is 11.8 Å². The number of thioether (sulfide) groups is 1. The molecule has 3 N–H and O–H groups in total. The maximum atomic E-state index is 11.6. The molecule has 0 fully saturated rings. The van der Waals surface area contributed by atoms with E-state index in [2.05, 4.69) is 41.7 Å². The zero-order valence-electron chi connectivity index (χ0n) is 16.2. The zero-order chi connectivity index (χ0) is 20.7. The molecule has 3 rings (SSSR count). The monoisotopic (exact) mass is 404 g/mol. The Kier molecular flexibility index (Phi) is 6.73. The van der Waals surface area contributed by atoms with Crippen molar-refractivity contribution in [3.05, 3.63) is 108 Å². The number of benzene rings is 3. The van der Waals surface area contributed by atoms with Crippen LogP contribution in [-0.2, 0) is 14.3 Å². The molecule has 0 aliphatic carbocycles. The molecule has 2 amide bonds. The smallest absolute Gasteiger partial charge is 0.309 e. The van der Waals surface area contributed by atoms with Gasteiger partial charge in [-0.3, -0.25) is 9.59 Å². The fourth-order valence-corrected chi connectivity index (χ4v) is 4.98. The second-order valence-corrected chi connectivity index (χ2v) is 8.43. The van der Waals surface area contributed by atoms with E-state index in [9.17, 15) is 9.59 Å². The lowest BCUT2D eigenvalue weighted by Gasteiger charge is -2.37. The van der Waals surface area contributed by atoms with Crippen molar-refractivity contribution in [2.45, 2.75) is 16.9 Å². The van der Waals surface area contributed by atoms with Crippen molar-refractivity contribution in [3.8, 4) is 0 Å². The molecule has 4 nitrogen and oxygen atoms in total. The Bertz CT molecular complexity index is 850. The Balaban J connectivity index is 2.07. The van der Waals surface area contributed by atoms with Crippen LogP contribution in [0.1, 0.15) is 23.6 Å². The van der Waals surface area contributed by atoms with E-state index < -0.39 is 16.6 Å². The summed E-state index contributed by atoms with van der Waals surface area (Å²) in [5.74, 6) is -1.73. The summed E-state index contributed by atoms with van der Waals surface area (Å²) in [6.45, 7) is 2.37. The first-order valence-electron chi connectivity index (χ1n) is 9.46. The van der Waals surface area contributed by atoms with Crippen LogP contribution in [0, 0.1) is 0 Å². The van der Waals surface area contributed by atoms with Gasteiger partial charge in [0.15, 0.2) is 0 Å². The average Bonchev–Trinajstić information content (AvgIpc) is 2.77. The van der Waals surface area contributed by atoms with Crippen LogP contribution in [0.3, 0.4) is 0 Å². The SMILES string of the molecule is CC(CNC(=O)C(N)=O)SC(c1ccccc1)(c1ccccc1)c1ccccc1. The van der Waals surface area contributed by atoms with Crippen LogP contribution in [0.25, 0.3) is 0 Å². The van der Waals surface area contributed by atoms with Crippen molar-refractivity contribution < 1.29 is 9.59 Å². The van der Waals surface area contributed by atoms with Gasteiger partial charge in [0.1, 0.15) is 0 Å². The maximum absolute atomic E-state index is 11.6. The topological polar surface area (TPSA) is 72.2 Å². The number of nitrogens with one attached hydrogen (secondary N) is 1. The van der Waals surface area contributed by atoms with Gasteiger partial charge in [-0.1, -0.05) is 97.9 Å². The summed E-state index contributed by atoms with van der Waals surface area (Å²) in [4.78, 5) is 22.7. The van der Waals surface area contributed by atoms with E-state index in [1.54, 1.807) is 11.8 Å². The maximum Gasteiger partial charge on any atom is 0.309 e. The molecule has 0 saturated carbocycles. The lowest BCUT2D eigenvalue weighted by Crippen LogP contribution is -2.40. The van der Waals surface area contributed by atoms with Crippen LogP contribution in [0.2, 0.25) is 0 Å². The molecule has 29 heavy (non-hydrogen) atoms. The molecule has 3 aromatic carbocycles. The predicted octanol–water partition coefficient (Wildman–Crippen LogP) is 3.70. The minimum atomic E-state index is -0.970. The fourth-order valence-electron chi connectivity index (χ4n) is 3.39. The van der Waals surface area contributed by atoms with Crippen molar-refractivity contribution in [1.29, 1.82) is 0 Å². The van der Waals surface area contributed by atoms with E-state index in [1.807, 2.05) is 61.5 Å². The highest BCUT2D eigenvalue weighted by Crippen LogP contribution is 2.49. The molecule has 3 aromatic rings. The number of hydrogen-bond acceptors (Lipinski definition) is 3. The Morgan fingerprint density at radius 1 is 0.828 bits per heavy atom. The van der Waals surface area contributed by atoms with Crippen molar-refractivity contribution in [1.82, 2.24) is 5.32 Å². The number of amides is 2. The summed E-state index contributed by atoms with van der Waals surface area (Å²) >= 11 is 1.74. The van der Waals surface area contributed by atoms with Gasteiger partial charge in [0, 0.05) is 11.8 Å². The highest BCUT2D eigenvalue weighted by Gasteiger charge is 2.38. The molecule has 1 unspecified atom stereocenters. The quantitative estimate of drug-likeness (QED) is 0.466. The molecule has 0 spiro atoms. The van der Waals surface area contributed by atoms with Crippen molar-refractivity contribution in [2.75, 3.05) is 6.54 Å². The summed E-state index contributed by atoms with van der Waals surface area (Å²) in [7, 11) is 0. The molecule has 0 aromatic heterocycles. The number of primary amides is 1. The second kappa shape index (κ2) is 9.43. The van der Waals surface area contributed by atoms with Gasteiger partial charge in [-0.2, -0.15) is 0 Å². The number of hydrogen-bond donors (Lipinski definition) is 2. The Hall–Kier alpha value is -3.05. The lowest BCUT2D eigenvalue weighted by atomic mass is 9.84.